The summed E-state index contributed by atoms with van der Waals surface area (Å²) in [5.74, 6) is 0.677. The first-order chi connectivity index (χ1) is 9.65. The van der Waals surface area contributed by atoms with Gasteiger partial charge in [-0.2, -0.15) is 0 Å². The van der Waals surface area contributed by atoms with Gasteiger partial charge < -0.3 is 15.0 Å². The van der Waals surface area contributed by atoms with Crippen LogP contribution in [0.25, 0.3) is 11.0 Å². The number of anilines is 1. The molecule has 2 N–H and O–H groups in total. The van der Waals surface area contributed by atoms with Crippen LogP contribution in [0.2, 0.25) is 5.02 Å². The molecule has 1 heterocycles. The molecule has 3 rings (SSSR count). The summed E-state index contributed by atoms with van der Waals surface area (Å²) in [4.78, 5) is 4.15. The van der Waals surface area contributed by atoms with Crippen molar-refractivity contribution in [1.82, 2.24) is 9.55 Å². The van der Waals surface area contributed by atoms with E-state index in [1.807, 2.05) is 4.57 Å². The van der Waals surface area contributed by atoms with Crippen LogP contribution in [0.3, 0.4) is 0 Å². The first kappa shape index (κ1) is 13.6. The smallest absolute Gasteiger partial charge is 0.201 e. The quantitative estimate of drug-likeness (QED) is 0.833. The van der Waals surface area contributed by atoms with E-state index < -0.39 is 5.82 Å². The Hall–Kier alpha value is -1.33. The third-order valence-corrected chi connectivity index (χ3v) is 3.83. The van der Waals surface area contributed by atoms with Gasteiger partial charge in [-0.1, -0.05) is 11.6 Å². The average molecular weight is 298 g/mol. The lowest BCUT2D eigenvalue weighted by Crippen LogP contribution is -2.07. The second kappa shape index (κ2) is 5.58. The van der Waals surface area contributed by atoms with Crippen molar-refractivity contribution in [3.05, 3.63) is 23.0 Å². The van der Waals surface area contributed by atoms with Gasteiger partial charge in [0.15, 0.2) is 0 Å². The molecule has 4 nitrogen and oxygen atoms in total. The Balaban J connectivity index is 1.66. The van der Waals surface area contributed by atoms with Crippen LogP contribution in [0.1, 0.15) is 19.3 Å². The summed E-state index contributed by atoms with van der Waals surface area (Å²) >= 11 is 5.81. The van der Waals surface area contributed by atoms with Crippen molar-refractivity contribution < 1.29 is 9.13 Å². The number of hydrogen-bond donors (Lipinski definition) is 1. The highest BCUT2D eigenvalue weighted by atomic mass is 35.5. The third kappa shape index (κ3) is 2.88. The summed E-state index contributed by atoms with van der Waals surface area (Å²) in [5, 5.41) is 0.0867. The zero-order valence-electron chi connectivity index (χ0n) is 11.1. The molecule has 1 aliphatic rings. The highest BCUT2D eigenvalue weighted by Crippen LogP contribution is 2.29. The van der Waals surface area contributed by atoms with Gasteiger partial charge in [0.2, 0.25) is 5.95 Å². The first-order valence-electron chi connectivity index (χ1n) is 6.83. The van der Waals surface area contributed by atoms with Gasteiger partial charge >= 0.3 is 0 Å². The lowest BCUT2D eigenvalue weighted by Gasteiger charge is -2.07. The third-order valence-electron chi connectivity index (χ3n) is 3.54. The van der Waals surface area contributed by atoms with E-state index in [0.29, 0.717) is 24.6 Å². The van der Waals surface area contributed by atoms with Gasteiger partial charge in [0, 0.05) is 25.8 Å². The maximum atomic E-state index is 13.4. The Morgan fingerprint density at radius 1 is 1.45 bits per heavy atom. The normalized spacial score (nSPS) is 15.1. The SMILES string of the molecule is Nc1nc2cc(F)c(Cl)cc2n1CCCOCC1CC1. The number of benzene rings is 1. The Morgan fingerprint density at radius 3 is 3.00 bits per heavy atom. The summed E-state index contributed by atoms with van der Waals surface area (Å²) in [6.45, 7) is 2.25. The number of aryl methyl sites for hydroxylation is 1. The number of fused-ring (bicyclic) bond motifs is 1. The van der Waals surface area contributed by atoms with Crippen LogP contribution in [0.5, 0.6) is 0 Å². The number of hydrogen-bond acceptors (Lipinski definition) is 3. The van der Waals surface area contributed by atoms with Crippen LogP contribution < -0.4 is 5.73 Å². The second-order valence-corrected chi connectivity index (χ2v) is 5.66. The first-order valence-corrected chi connectivity index (χ1v) is 7.21. The van der Waals surface area contributed by atoms with Gasteiger partial charge in [0.25, 0.3) is 0 Å². The van der Waals surface area contributed by atoms with Crippen molar-refractivity contribution in [1.29, 1.82) is 0 Å². The van der Waals surface area contributed by atoms with E-state index in [9.17, 15) is 4.39 Å². The second-order valence-electron chi connectivity index (χ2n) is 5.25. The van der Waals surface area contributed by atoms with Crippen molar-refractivity contribution in [3.8, 4) is 0 Å². The monoisotopic (exact) mass is 297 g/mol. The average Bonchev–Trinajstić information content (AvgIpc) is 3.17. The molecule has 1 saturated carbocycles. The molecule has 0 saturated heterocycles. The molecule has 0 spiro atoms. The lowest BCUT2D eigenvalue weighted by atomic mass is 10.3. The van der Waals surface area contributed by atoms with Gasteiger partial charge in [-0.05, 0) is 31.2 Å². The number of nitrogens with zero attached hydrogens (tertiary/aromatic N) is 2. The standard InChI is InChI=1S/C14H17ClFN3O/c15-10-6-13-12(7-11(10)16)18-14(17)19(13)4-1-5-20-8-9-2-3-9/h6-7,9H,1-5,8H2,(H2,17,18). The maximum Gasteiger partial charge on any atom is 0.201 e. The minimum atomic E-state index is -0.475. The molecule has 20 heavy (non-hydrogen) atoms. The Labute approximate surface area is 121 Å². The predicted octanol–water partition coefficient (Wildman–Crippen LogP) is 3.23. The van der Waals surface area contributed by atoms with E-state index in [2.05, 4.69) is 4.98 Å². The molecule has 0 unspecified atom stereocenters. The molecule has 108 valence electrons. The topological polar surface area (TPSA) is 53.1 Å². The Morgan fingerprint density at radius 2 is 2.25 bits per heavy atom. The number of aromatic nitrogens is 2. The molecule has 1 aromatic carbocycles. The van der Waals surface area contributed by atoms with Crippen LogP contribution in [0.4, 0.5) is 10.3 Å². The number of rotatable bonds is 6. The van der Waals surface area contributed by atoms with Crippen LogP contribution in [0, 0.1) is 11.7 Å². The number of imidazole rings is 1. The van der Waals surface area contributed by atoms with E-state index >= 15 is 0 Å². The zero-order valence-corrected chi connectivity index (χ0v) is 11.9. The van der Waals surface area contributed by atoms with Crippen molar-refractivity contribution in [2.75, 3.05) is 18.9 Å². The minimum absolute atomic E-state index is 0.0867. The van der Waals surface area contributed by atoms with Gasteiger partial charge in [-0.3, -0.25) is 0 Å². The molecule has 1 aromatic heterocycles. The molecule has 1 fully saturated rings. The highest BCUT2D eigenvalue weighted by molar-refractivity contribution is 6.31. The lowest BCUT2D eigenvalue weighted by molar-refractivity contribution is 0.119. The highest BCUT2D eigenvalue weighted by Gasteiger charge is 2.20. The van der Waals surface area contributed by atoms with E-state index in [0.717, 1.165) is 24.5 Å². The van der Waals surface area contributed by atoms with Crippen molar-refractivity contribution >= 4 is 28.6 Å². The number of halogens is 2. The molecule has 0 radical (unpaired) electrons. The van der Waals surface area contributed by atoms with Gasteiger partial charge in [0.05, 0.1) is 16.1 Å². The maximum absolute atomic E-state index is 13.4. The molecule has 0 atom stereocenters. The van der Waals surface area contributed by atoms with E-state index in [-0.39, 0.29) is 5.02 Å². The van der Waals surface area contributed by atoms with Gasteiger partial charge in [0.1, 0.15) is 5.82 Å². The van der Waals surface area contributed by atoms with Crippen molar-refractivity contribution in [2.45, 2.75) is 25.8 Å². The Kier molecular flexibility index (Phi) is 3.81. The van der Waals surface area contributed by atoms with Crippen LogP contribution in [0.15, 0.2) is 12.1 Å². The Bertz CT molecular complexity index is 624. The summed E-state index contributed by atoms with van der Waals surface area (Å²) < 4.78 is 20.8. The van der Waals surface area contributed by atoms with Crippen LogP contribution >= 0.6 is 11.6 Å². The van der Waals surface area contributed by atoms with Crippen molar-refractivity contribution in [2.24, 2.45) is 5.92 Å². The molecule has 6 heteroatoms. The van der Waals surface area contributed by atoms with Gasteiger partial charge in [-0.15, -0.1) is 0 Å². The fourth-order valence-electron chi connectivity index (χ4n) is 2.23. The molecule has 2 aromatic rings. The molecule has 1 aliphatic carbocycles. The summed E-state index contributed by atoms with van der Waals surface area (Å²) in [6.07, 6.45) is 3.43. The summed E-state index contributed by atoms with van der Waals surface area (Å²) in [7, 11) is 0. The summed E-state index contributed by atoms with van der Waals surface area (Å²) in [5.41, 5.74) is 7.16. The largest absolute Gasteiger partial charge is 0.381 e. The number of ether oxygens (including phenoxy) is 1. The zero-order chi connectivity index (χ0) is 14.1. The van der Waals surface area contributed by atoms with Crippen LogP contribution in [-0.4, -0.2) is 22.8 Å². The van der Waals surface area contributed by atoms with E-state index in [1.54, 1.807) is 6.07 Å². The van der Waals surface area contributed by atoms with Crippen LogP contribution in [-0.2, 0) is 11.3 Å². The number of nitrogens with two attached hydrogens (primary N) is 1. The van der Waals surface area contributed by atoms with E-state index in [1.165, 1.54) is 18.9 Å². The molecule has 0 amide bonds. The van der Waals surface area contributed by atoms with Gasteiger partial charge in [-0.25, -0.2) is 9.37 Å². The molecular weight excluding hydrogens is 281 g/mol. The molecule has 0 aliphatic heterocycles. The van der Waals surface area contributed by atoms with E-state index in [4.69, 9.17) is 22.1 Å². The van der Waals surface area contributed by atoms with Crippen molar-refractivity contribution in [3.63, 3.8) is 0 Å². The molecular formula is C14H17ClFN3O. The predicted molar refractivity (Wildman–Crippen MR) is 77.3 cm³/mol. The minimum Gasteiger partial charge on any atom is -0.381 e. The number of nitrogen functional groups attached to an aromatic ring is 1. The molecule has 0 bridgehead atoms. The summed E-state index contributed by atoms with van der Waals surface area (Å²) in [6, 6.07) is 2.88. The fraction of sp³-hybridized carbons (Fsp3) is 0.500. The fourth-order valence-corrected chi connectivity index (χ4v) is 2.39.